The second-order valence-corrected chi connectivity index (χ2v) is 8.77. The number of urea groups is 1. The Bertz CT molecular complexity index is 769. The Morgan fingerprint density at radius 2 is 1.86 bits per heavy atom. The lowest BCUT2D eigenvalue weighted by atomic mass is 9.96. The van der Waals surface area contributed by atoms with E-state index in [1.807, 2.05) is 23.1 Å². The van der Waals surface area contributed by atoms with Crippen molar-refractivity contribution in [1.82, 2.24) is 30.0 Å². The molecule has 3 heterocycles. The molecule has 4 rings (SSSR count). The van der Waals surface area contributed by atoms with Gasteiger partial charge in [0.2, 0.25) is 0 Å². The third-order valence-electron chi connectivity index (χ3n) is 6.36. The van der Waals surface area contributed by atoms with Gasteiger partial charge in [0.25, 0.3) is 0 Å². The van der Waals surface area contributed by atoms with Crippen LogP contribution in [0.4, 0.5) is 4.79 Å². The maximum Gasteiger partial charge on any atom is 0.317 e. The summed E-state index contributed by atoms with van der Waals surface area (Å²) in [6, 6.07) is 8.59. The molecule has 0 unspecified atom stereocenters. The quantitative estimate of drug-likeness (QED) is 0.812. The van der Waals surface area contributed by atoms with E-state index in [1.165, 1.54) is 0 Å². The summed E-state index contributed by atoms with van der Waals surface area (Å²) in [6.07, 6.45) is 4.04. The first-order valence-corrected chi connectivity index (χ1v) is 11.0. The normalized spacial score (nSPS) is 19.9. The van der Waals surface area contributed by atoms with Crippen LogP contribution < -0.4 is 5.32 Å². The lowest BCUT2D eigenvalue weighted by molar-refractivity contribution is 0.157. The molecule has 0 aliphatic carbocycles. The number of likely N-dealkylation sites (N-methyl/N-ethyl adjacent to an activating group) is 1. The SMILES string of the molecule is CN(C)CCN1CCC(NC(=O)N2CCC(c3nc4ccccc4[nH]3)CC2)CC1. The van der Waals surface area contributed by atoms with E-state index in [-0.39, 0.29) is 6.03 Å². The van der Waals surface area contributed by atoms with E-state index in [0.29, 0.717) is 12.0 Å². The highest BCUT2D eigenvalue weighted by Crippen LogP contribution is 2.27. The number of rotatable bonds is 5. The van der Waals surface area contributed by atoms with Crippen LogP contribution in [0.3, 0.4) is 0 Å². The zero-order valence-corrected chi connectivity index (χ0v) is 17.7. The Labute approximate surface area is 173 Å². The van der Waals surface area contributed by atoms with Gasteiger partial charge in [-0.2, -0.15) is 0 Å². The van der Waals surface area contributed by atoms with Crippen molar-refractivity contribution in [3.63, 3.8) is 0 Å². The van der Waals surface area contributed by atoms with Crippen molar-refractivity contribution in [2.24, 2.45) is 0 Å². The number of hydrogen-bond acceptors (Lipinski definition) is 4. The summed E-state index contributed by atoms with van der Waals surface area (Å²) in [6.45, 7) is 5.96. The van der Waals surface area contributed by atoms with Crippen molar-refractivity contribution in [2.75, 3.05) is 53.4 Å². The number of nitrogens with zero attached hydrogens (tertiary/aromatic N) is 4. The van der Waals surface area contributed by atoms with Crippen molar-refractivity contribution in [3.05, 3.63) is 30.1 Å². The monoisotopic (exact) mass is 398 g/mol. The molecule has 7 heteroatoms. The second-order valence-electron chi connectivity index (χ2n) is 8.77. The largest absolute Gasteiger partial charge is 0.342 e. The van der Waals surface area contributed by atoms with Crippen LogP contribution in [-0.4, -0.2) is 90.1 Å². The number of carbonyl (C=O) groups is 1. The Balaban J connectivity index is 1.21. The number of hydrogen-bond donors (Lipinski definition) is 2. The van der Waals surface area contributed by atoms with Crippen molar-refractivity contribution < 1.29 is 4.79 Å². The molecule has 0 radical (unpaired) electrons. The number of imidazole rings is 1. The fourth-order valence-corrected chi connectivity index (χ4v) is 4.43. The molecular weight excluding hydrogens is 364 g/mol. The first-order valence-electron chi connectivity index (χ1n) is 11.0. The van der Waals surface area contributed by atoms with E-state index >= 15 is 0 Å². The minimum atomic E-state index is 0.111. The number of nitrogens with one attached hydrogen (secondary N) is 2. The average molecular weight is 399 g/mol. The van der Waals surface area contributed by atoms with Gasteiger partial charge in [0.15, 0.2) is 0 Å². The number of carbonyl (C=O) groups excluding carboxylic acids is 1. The predicted molar refractivity (Wildman–Crippen MR) is 116 cm³/mol. The molecule has 2 aromatic rings. The molecule has 2 amide bonds. The summed E-state index contributed by atoms with van der Waals surface area (Å²) in [5, 5.41) is 3.28. The topological polar surface area (TPSA) is 67.5 Å². The number of benzene rings is 1. The maximum atomic E-state index is 12.7. The maximum absolute atomic E-state index is 12.7. The molecule has 2 fully saturated rings. The first-order chi connectivity index (χ1) is 14.1. The number of aromatic amines is 1. The molecular formula is C22H34N6O. The molecule has 0 saturated carbocycles. The van der Waals surface area contributed by atoms with Gasteiger partial charge >= 0.3 is 6.03 Å². The van der Waals surface area contributed by atoms with E-state index in [2.05, 4.69) is 40.3 Å². The third kappa shape index (κ3) is 5.08. The minimum absolute atomic E-state index is 0.111. The molecule has 7 nitrogen and oxygen atoms in total. The molecule has 2 aliphatic heterocycles. The summed E-state index contributed by atoms with van der Waals surface area (Å²) in [7, 11) is 4.23. The summed E-state index contributed by atoms with van der Waals surface area (Å²) in [5.74, 6) is 1.47. The fraction of sp³-hybridized carbons (Fsp3) is 0.636. The Kier molecular flexibility index (Phi) is 6.35. The average Bonchev–Trinajstić information content (AvgIpc) is 3.17. The van der Waals surface area contributed by atoms with Gasteiger partial charge in [0.05, 0.1) is 11.0 Å². The highest BCUT2D eigenvalue weighted by atomic mass is 16.2. The molecule has 2 N–H and O–H groups in total. The van der Waals surface area contributed by atoms with Crippen molar-refractivity contribution in [2.45, 2.75) is 37.6 Å². The first kappa shape index (κ1) is 20.2. The van der Waals surface area contributed by atoms with Crippen LogP contribution in [0.2, 0.25) is 0 Å². The molecule has 0 spiro atoms. The van der Waals surface area contributed by atoms with Gasteiger partial charge in [-0.1, -0.05) is 12.1 Å². The molecule has 2 aliphatic rings. The molecule has 158 valence electrons. The van der Waals surface area contributed by atoms with Crippen molar-refractivity contribution in [1.29, 1.82) is 0 Å². The zero-order chi connectivity index (χ0) is 20.2. The number of para-hydroxylation sites is 2. The fourth-order valence-electron chi connectivity index (χ4n) is 4.43. The van der Waals surface area contributed by atoms with Gasteiger partial charge < -0.3 is 25.0 Å². The number of piperidine rings is 2. The molecule has 0 atom stereocenters. The minimum Gasteiger partial charge on any atom is -0.342 e. The lowest BCUT2D eigenvalue weighted by Gasteiger charge is -2.36. The summed E-state index contributed by atoms with van der Waals surface area (Å²) in [5.41, 5.74) is 2.12. The summed E-state index contributed by atoms with van der Waals surface area (Å²) in [4.78, 5) is 27.6. The summed E-state index contributed by atoms with van der Waals surface area (Å²) < 4.78 is 0. The van der Waals surface area contributed by atoms with E-state index < -0.39 is 0 Å². The van der Waals surface area contributed by atoms with Crippen LogP contribution in [0.1, 0.15) is 37.4 Å². The van der Waals surface area contributed by atoms with Crippen LogP contribution in [0.25, 0.3) is 11.0 Å². The van der Waals surface area contributed by atoms with E-state index in [9.17, 15) is 4.79 Å². The third-order valence-corrected chi connectivity index (χ3v) is 6.36. The van der Waals surface area contributed by atoms with Gasteiger partial charge in [-0.05, 0) is 51.9 Å². The van der Waals surface area contributed by atoms with E-state index in [1.54, 1.807) is 0 Å². The molecule has 0 bridgehead atoms. The zero-order valence-electron chi connectivity index (χ0n) is 17.7. The van der Waals surface area contributed by atoms with E-state index in [4.69, 9.17) is 4.98 Å². The second kappa shape index (κ2) is 9.13. The highest BCUT2D eigenvalue weighted by molar-refractivity contribution is 5.75. The summed E-state index contributed by atoms with van der Waals surface area (Å²) >= 11 is 0. The van der Waals surface area contributed by atoms with Crippen LogP contribution in [0, 0.1) is 0 Å². The molecule has 1 aromatic carbocycles. The Morgan fingerprint density at radius 1 is 1.14 bits per heavy atom. The van der Waals surface area contributed by atoms with Gasteiger partial charge in [-0.3, -0.25) is 0 Å². The Hall–Kier alpha value is -2.12. The predicted octanol–water partition coefficient (Wildman–Crippen LogP) is 2.48. The van der Waals surface area contributed by atoms with Crippen molar-refractivity contribution in [3.8, 4) is 0 Å². The Morgan fingerprint density at radius 3 is 2.55 bits per heavy atom. The number of H-pyrrole nitrogens is 1. The number of fused-ring (bicyclic) bond motifs is 1. The van der Waals surface area contributed by atoms with Crippen LogP contribution in [0.5, 0.6) is 0 Å². The smallest absolute Gasteiger partial charge is 0.317 e. The molecule has 29 heavy (non-hydrogen) atoms. The molecule has 1 aromatic heterocycles. The van der Waals surface area contributed by atoms with Crippen molar-refractivity contribution >= 4 is 17.1 Å². The van der Waals surface area contributed by atoms with Gasteiger partial charge in [0.1, 0.15) is 5.82 Å². The number of likely N-dealkylation sites (tertiary alicyclic amines) is 2. The van der Waals surface area contributed by atoms with Crippen LogP contribution >= 0.6 is 0 Å². The van der Waals surface area contributed by atoms with Gasteiger partial charge in [0, 0.05) is 51.2 Å². The van der Waals surface area contributed by atoms with Crippen LogP contribution in [-0.2, 0) is 0 Å². The number of aromatic nitrogens is 2. The highest BCUT2D eigenvalue weighted by Gasteiger charge is 2.28. The van der Waals surface area contributed by atoms with E-state index in [0.717, 1.165) is 81.8 Å². The van der Waals surface area contributed by atoms with Gasteiger partial charge in [-0.15, -0.1) is 0 Å². The van der Waals surface area contributed by atoms with Gasteiger partial charge in [-0.25, -0.2) is 9.78 Å². The molecule has 2 saturated heterocycles. The van der Waals surface area contributed by atoms with Crippen LogP contribution in [0.15, 0.2) is 24.3 Å². The standard InChI is InChI=1S/C22H34N6O/c1-26(2)15-16-27-11-9-18(10-12-27)23-22(29)28-13-7-17(8-14-28)21-24-19-5-3-4-6-20(19)25-21/h3-6,17-18H,7-16H2,1-2H3,(H,23,29)(H,24,25). The lowest BCUT2D eigenvalue weighted by Crippen LogP contribution is -2.51. The number of amides is 2.